The van der Waals surface area contributed by atoms with Crippen molar-refractivity contribution < 1.29 is 8.42 Å². The molecule has 1 atom stereocenters. The van der Waals surface area contributed by atoms with Crippen molar-refractivity contribution in [1.82, 2.24) is 0 Å². The minimum absolute atomic E-state index is 0.0512. The van der Waals surface area contributed by atoms with Crippen LogP contribution >= 0.6 is 0 Å². The van der Waals surface area contributed by atoms with Crippen LogP contribution in [0.1, 0.15) is 11.6 Å². The van der Waals surface area contributed by atoms with Gasteiger partial charge in [-0.15, -0.1) is 0 Å². The van der Waals surface area contributed by atoms with Crippen molar-refractivity contribution in [3.8, 4) is 0 Å². The molecule has 0 fully saturated rings. The van der Waals surface area contributed by atoms with Gasteiger partial charge in [0.15, 0.2) is 9.84 Å². The monoisotopic (exact) mass is 301 g/mol. The summed E-state index contributed by atoms with van der Waals surface area (Å²) in [5.41, 5.74) is 1.96. The first-order valence-electron chi connectivity index (χ1n) is 6.57. The summed E-state index contributed by atoms with van der Waals surface area (Å²) in [5.74, 6) is 0. The standard InChI is InChI=1S/C15H15N3O2S/c1-21(19,20)14-9-7-13(8-10-14)18-15(11-16-17-18)12-5-3-2-4-6-12/h2-10,15H,11H2,1H3. The van der Waals surface area contributed by atoms with Crippen LogP contribution in [0.5, 0.6) is 0 Å². The predicted octanol–water partition coefficient (Wildman–Crippen LogP) is 3.02. The number of hydrogen-bond acceptors (Lipinski definition) is 5. The smallest absolute Gasteiger partial charge is 0.175 e. The molecule has 1 unspecified atom stereocenters. The molecule has 108 valence electrons. The lowest BCUT2D eigenvalue weighted by Crippen LogP contribution is -2.20. The number of rotatable bonds is 3. The van der Waals surface area contributed by atoms with E-state index in [-0.39, 0.29) is 6.04 Å². The van der Waals surface area contributed by atoms with E-state index in [1.165, 1.54) is 6.26 Å². The van der Waals surface area contributed by atoms with Gasteiger partial charge in [-0.3, -0.25) is 0 Å². The van der Waals surface area contributed by atoms with E-state index in [4.69, 9.17) is 0 Å². The van der Waals surface area contributed by atoms with Crippen LogP contribution in [0.15, 0.2) is 69.8 Å². The maximum absolute atomic E-state index is 11.5. The van der Waals surface area contributed by atoms with Gasteiger partial charge in [-0.2, -0.15) is 5.11 Å². The zero-order valence-corrected chi connectivity index (χ0v) is 12.4. The average Bonchev–Trinajstić information content (AvgIpc) is 2.97. The van der Waals surface area contributed by atoms with Crippen LogP contribution in [-0.4, -0.2) is 21.2 Å². The fourth-order valence-electron chi connectivity index (χ4n) is 2.32. The molecule has 0 aromatic heterocycles. The molecule has 0 N–H and O–H groups in total. The number of anilines is 1. The third kappa shape index (κ3) is 2.80. The van der Waals surface area contributed by atoms with Gasteiger partial charge in [0, 0.05) is 6.26 Å². The fraction of sp³-hybridized carbons (Fsp3) is 0.200. The lowest BCUT2D eigenvalue weighted by atomic mass is 10.1. The molecule has 1 aliphatic rings. The summed E-state index contributed by atoms with van der Waals surface area (Å²) in [6.07, 6.45) is 1.20. The molecule has 0 bridgehead atoms. The molecule has 6 heteroatoms. The molecule has 0 saturated heterocycles. The lowest BCUT2D eigenvalue weighted by Gasteiger charge is -2.22. The van der Waals surface area contributed by atoms with Gasteiger partial charge in [0.1, 0.15) is 6.04 Å². The van der Waals surface area contributed by atoms with Gasteiger partial charge >= 0.3 is 0 Å². The second-order valence-electron chi connectivity index (χ2n) is 4.95. The third-order valence-electron chi connectivity index (χ3n) is 3.42. The second-order valence-corrected chi connectivity index (χ2v) is 6.97. The highest BCUT2D eigenvalue weighted by Crippen LogP contribution is 2.32. The molecule has 0 aliphatic carbocycles. The van der Waals surface area contributed by atoms with Gasteiger partial charge in [-0.05, 0) is 29.8 Å². The van der Waals surface area contributed by atoms with Crippen molar-refractivity contribution in [1.29, 1.82) is 0 Å². The highest BCUT2D eigenvalue weighted by molar-refractivity contribution is 7.90. The Morgan fingerprint density at radius 3 is 2.33 bits per heavy atom. The van der Waals surface area contributed by atoms with Gasteiger partial charge < -0.3 is 0 Å². The van der Waals surface area contributed by atoms with E-state index in [9.17, 15) is 8.42 Å². The number of hydrogen-bond donors (Lipinski definition) is 0. The molecular weight excluding hydrogens is 286 g/mol. The molecule has 2 aromatic carbocycles. The maximum Gasteiger partial charge on any atom is 0.175 e. The molecule has 0 spiro atoms. The lowest BCUT2D eigenvalue weighted by molar-refractivity contribution is 0.602. The van der Waals surface area contributed by atoms with E-state index >= 15 is 0 Å². The Hall–Kier alpha value is -2.21. The first kappa shape index (κ1) is 13.8. The van der Waals surface area contributed by atoms with Gasteiger partial charge in [-0.1, -0.05) is 35.6 Å². The van der Waals surface area contributed by atoms with Crippen molar-refractivity contribution in [2.75, 3.05) is 17.8 Å². The topological polar surface area (TPSA) is 62.1 Å². The predicted molar refractivity (Wildman–Crippen MR) is 80.9 cm³/mol. The van der Waals surface area contributed by atoms with Crippen LogP contribution < -0.4 is 5.01 Å². The minimum atomic E-state index is -3.18. The van der Waals surface area contributed by atoms with Crippen molar-refractivity contribution in [3.05, 3.63) is 60.2 Å². The summed E-state index contributed by atoms with van der Waals surface area (Å²) in [6.45, 7) is 0.595. The van der Waals surface area contributed by atoms with Crippen molar-refractivity contribution >= 4 is 15.5 Å². The summed E-state index contributed by atoms with van der Waals surface area (Å²) in [4.78, 5) is 0.304. The number of sulfone groups is 1. The van der Waals surface area contributed by atoms with Crippen LogP contribution in [-0.2, 0) is 9.84 Å². The Labute approximate surface area is 123 Å². The van der Waals surface area contributed by atoms with E-state index in [1.54, 1.807) is 24.3 Å². The molecule has 2 aromatic rings. The van der Waals surface area contributed by atoms with Crippen LogP contribution in [0.25, 0.3) is 0 Å². The highest BCUT2D eigenvalue weighted by Gasteiger charge is 2.25. The van der Waals surface area contributed by atoms with Crippen molar-refractivity contribution in [3.63, 3.8) is 0 Å². The Morgan fingerprint density at radius 1 is 1.05 bits per heavy atom. The first-order valence-corrected chi connectivity index (χ1v) is 8.46. The molecule has 1 heterocycles. The van der Waals surface area contributed by atoms with Gasteiger partial charge in [-0.25, -0.2) is 13.4 Å². The molecule has 3 rings (SSSR count). The van der Waals surface area contributed by atoms with E-state index in [0.717, 1.165) is 11.3 Å². The van der Waals surface area contributed by atoms with E-state index in [0.29, 0.717) is 11.4 Å². The summed E-state index contributed by atoms with van der Waals surface area (Å²) < 4.78 is 23.0. The van der Waals surface area contributed by atoms with Crippen LogP contribution in [0, 0.1) is 0 Å². The number of nitrogens with zero attached hydrogens (tertiary/aromatic N) is 3. The first-order chi connectivity index (χ1) is 10.1. The average molecular weight is 301 g/mol. The van der Waals surface area contributed by atoms with E-state index in [2.05, 4.69) is 10.3 Å². The van der Waals surface area contributed by atoms with E-state index < -0.39 is 9.84 Å². The summed E-state index contributed by atoms with van der Waals surface area (Å²) in [6, 6.07) is 16.8. The molecule has 1 aliphatic heterocycles. The Bertz CT molecular complexity index is 755. The van der Waals surface area contributed by atoms with Crippen LogP contribution in [0.3, 0.4) is 0 Å². The highest BCUT2D eigenvalue weighted by atomic mass is 32.2. The normalized spacial score (nSPS) is 18.1. The zero-order chi connectivity index (χ0) is 14.9. The molecule has 0 saturated carbocycles. The fourth-order valence-corrected chi connectivity index (χ4v) is 2.95. The molecular formula is C15H15N3O2S. The van der Waals surface area contributed by atoms with E-state index in [1.807, 2.05) is 35.3 Å². The summed E-state index contributed by atoms with van der Waals surface area (Å²) in [7, 11) is -3.18. The maximum atomic E-state index is 11.5. The van der Waals surface area contributed by atoms with Gasteiger partial charge in [0.25, 0.3) is 0 Å². The van der Waals surface area contributed by atoms with Crippen LogP contribution in [0.2, 0.25) is 0 Å². The summed E-state index contributed by atoms with van der Waals surface area (Å²) in [5, 5.41) is 10.1. The second kappa shape index (κ2) is 5.29. The zero-order valence-electron chi connectivity index (χ0n) is 11.5. The molecule has 5 nitrogen and oxygen atoms in total. The SMILES string of the molecule is CS(=O)(=O)c1ccc(N2N=NCC2c2ccccc2)cc1. The number of benzene rings is 2. The Morgan fingerprint density at radius 2 is 1.71 bits per heavy atom. The minimum Gasteiger partial charge on any atom is -0.238 e. The Balaban J connectivity index is 1.91. The molecule has 21 heavy (non-hydrogen) atoms. The van der Waals surface area contributed by atoms with Crippen molar-refractivity contribution in [2.24, 2.45) is 10.3 Å². The van der Waals surface area contributed by atoms with Crippen molar-refractivity contribution in [2.45, 2.75) is 10.9 Å². The largest absolute Gasteiger partial charge is 0.238 e. The Kier molecular flexibility index (Phi) is 3.47. The quantitative estimate of drug-likeness (QED) is 0.875. The van der Waals surface area contributed by atoms with Crippen LogP contribution in [0.4, 0.5) is 5.69 Å². The van der Waals surface area contributed by atoms with Gasteiger partial charge in [0.05, 0.1) is 17.1 Å². The summed E-state index contributed by atoms with van der Waals surface area (Å²) >= 11 is 0. The van der Waals surface area contributed by atoms with Gasteiger partial charge in [0.2, 0.25) is 0 Å². The molecule has 0 radical (unpaired) electrons. The molecule has 0 amide bonds. The third-order valence-corrected chi connectivity index (χ3v) is 4.55.